The molecule has 35 heavy (non-hydrogen) atoms. The van der Waals surface area contributed by atoms with E-state index in [9.17, 15) is 34.2 Å². The summed E-state index contributed by atoms with van der Waals surface area (Å²) in [6, 6.07) is 1.36. The van der Waals surface area contributed by atoms with Crippen LogP contribution in [-0.4, -0.2) is 81.2 Å². The standard InChI is InChI=1S/C22H32N4O8S/c1-12(24-20(31)15(23)7-8-18(28)29)19(30)25-16(9-10-35-2)21(32)26-17(22(33)34)11-13-3-5-14(27)6-4-13/h3-6,12,15-17,27H,7-11,23H2,1-2H3,(H,24,31)(H,25,30)(H,26,32)(H,28,29)(H,33,34). The minimum atomic E-state index is -1.27. The summed E-state index contributed by atoms with van der Waals surface area (Å²) in [6.45, 7) is 1.38. The predicted octanol–water partition coefficient (Wildman–Crippen LogP) is -0.561. The minimum Gasteiger partial charge on any atom is -0.508 e. The topological polar surface area (TPSA) is 208 Å². The number of rotatable bonds is 15. The van der Waals surface area contributed by atoms with Crippen LogP contribution in [0, 0.1) is 0 Å². The normalized spacial score (nSPS) is 14.1. The fraction of sp³-hybridized carbons (Fsp3) is 0.500. The first-order valence-corrected chi connectivity index (χ1v) is 12.2. The van der Waals surface area contributed by atoms with Gasteiger partial charge in [-0.3, -0.25) is 19.2 Å². The molecule has 0 fully saturated rings. The third-order valence-corrected chi connectivity index (χ3v) is 5.64. The number of benzene rings is 1. The Hall–Kier alpha value is -3.32. The van der Waals surface area contributed by atoms with Crippen LogP contribution < -0.4 is 21.7 Å². The van der Waals surface area contributed by atoms with Crippen LogP contribution in [0.1, 0.15) is 31.7 Å². The summed E-state index contributed by atoms with van der Waals surface area (Å²) in [5.74, 6) is -3.95. The molecule has 4 unspecified atom stereocenters. The van der Waals surface area contributed by atoms with Gasteiger partial charge in [-0.1, -0.05) is 12.1 Å². The summed E-state index contributed by atoms with van der Waals surface area (Å²) in [5.41, 5.74) is 6.22. The van der Waals surface area contributed by atoms with E-state index in [0.29, 0.717) is 11.3 Å². The number of phenols is 1. The lowest BCUT2D eigenvalue weighted by Crippen LogP contribution is -2.56. The van der Waals surface area contributed by atoms with Crippen LogP contribution >= 0.6 is 11.8 Å². The third-order valence-electron chi connectivity index (χ3n) is 4.99. The number of hydrogen-bond donors (Lipinski definition) is 7. The first kappa shape index (κ1) is 29.7. The Bertz CT molecular complexity index is 896. The van der Waals surface area contributed by atoms with Gasteiger partial charge in [0.1, 0.15) is 23.9 Å². The number of phenolic OH excluding ortho intramolecular Hbond substituents is 1. The minimum absolute atomic E-state index is 0.0218. The fourth-order valence-electron chi connectivity index (χ4n) is 2.94. The zero-order valence-corrected chi connectivity index (χ0v) is 20.3. The average molecular weight is 513 g/mol. The molecule has 13 heteroatoms. The molecule has 0 heterocycles. The number of carboxylic acid groups (broad SMARTS) is 2. The summed E-state index contributed by atoms with van der Waals surface area (Å²) in [5, 5.41) is 34.9. The molecule has 12 nitrogen and oxygen atoms in total. The highest BCUT2D eigenvalue weighted by Crippen LogP contribution is 2.12. The third kappa shape index (κ3) is 11.1. The Morgan fingerprint density at radius 2 is 1.51 bits per heavy atom. The van der Waals surface area contributed by atoms with Gasteiger partial charge in [-0.05, 0) is 49.5 Å². The lowest BCUT2D eigenvalue weighted by Gasteiger charge is -2.23. The maximum absolute atomic E-state index is 12.8. The molecule has 0 aliphatic heterocycles. The Balaban J connectivity index is 2.80. The molecule has 194 valence electrons. The van der Waals surface area contributed by atoms with Crippen LogP contribution in [0.3, 0.4) is 0 Å². The van der Waals surface area contributed by atoms with Gasteiger partial charge in [0.05, 0.1) is 6.04 Å². The van der Waals surface area contributed by atoms with E-state index in [2.05, 4.69) is 16.0 Å². The number of amides is 3. The number of aromatic hydroxyl groups is 1. The van der Waals surface area contributed by atoms with Crippen LogP contribution in [-0.2, 0) is 30.4 Å². The van der Waals surface area contributed by atoms with E-state index in [-0.39, 0.29) is 31.4 Å². The number of carboxylic acids is 2. The van der Waals surface area contributed by atoms with E-state index in [4.69, 9.17) is 10.8 Å². The van der Waals surface area contributed by atoms with E-state index in [1.54, 1.807) is 0 Å². The first-order chi connectivity index (χ1) is 16.4. The van der Waals surface area contributed by atoms with Gasteiger partial charge < -0.3 is 37.0 Å². The van der Waals surface area contributed by atoms with Crippen LogP contribution in [0.15, 0.2) is 24.3 Å². The van der Waals surface area contributed by atoms with Gasteiger partial charge in [0.2, 0.25) is 17.7 Å². The van der Waals surface area contributed by atoms with Gasteiger partial charge >= 0.3 is 11.9 Å². The number of carbonyl (C=O) groups excluding carboxylic acids is 3. The van der Waals surface area contributed by atoms with Crippen molar-refractivity contribution in [3.8, 4) is 5.75 Å². The lowest BCUT2D eigenvalue weighted by molar-refractivity contribution is -0.142. The lowest BCUT2D eigenvalue weighted by atomic mass is 10.0. The molecule has 0 radical (unpaired) electrons. The predicted molar refractivity (Wildman–Crippen MR) is 129 cm³/mol. The Kier molecular flexibility index (Phi) is 12.6. The molecule has 0 saturated carbocycles. The summed E-state index contributed by atoms with van der Waals surface area (Å²) < 4.78 is 0. The highest BCUT2D eigenvalue weighted by molar-refractivity contribution is 7.98. The van der Waals surface area contributed by atoms with Crippen molar-refractivity contribution in [3.63, 3.8) is 0 Å². The van der Waals surface area contributed by atoms with Gasteiger partial charge in [0, 0.05) is 12.8 Å². The van der Waals surface area contributed by atoms with Gasteiger partial charge in [0.15, 0.2) is 0 Å². The molecular weight excluding hydrogens is 480 g/mol. The molecule has 0 bridgehead atoms. The van der Waals surface area contributed by atoms with Crippen molar-refractivity contribution in [2.24, 2.45) is 5.73 Å². The van der Waals surface area contributed by atoms with Crippen molar-refractivity contribution in [2.45, 2.75) is 56.8 Å². The first-order valence-electron chi connectivity index (χ1n) is 10.8. The Morgan fingerprint density at radius 3 is 2.06 bits per heavy atom. The molecule has 0 spiro atoms. The second-order valence-corrected chi connectivity index (χ2v) is 8.87. The highest BCUT2D eigenvalue weighted by Gasteiger charge is 2.28. The number of carbonyl (C=O) groups is 5. The van der Waals surface area contributed by atoms with Crippen LogP contribution in [0.25, 0.3) is 0 Å². The maximum atomic E-state index is 12.8. The van der Waals surface area contributed by atoms with Crippen molar-refractivity contribution in [1.29, 1.82) is 0 Å². The van der Waals surface area contributed by atoms with Crippen LogP contribution in [0.2, 0.25) is 0 Å². The van der Waals surface area contributed by atoms with Crippen molar-refractivity contribution in [3.05, 3.63) is 29.8 Å². The molecule has 1 aromatic carbocycles. The van der Waals surface area contributed by atoms with Crippen LogP contribution in [0.4, 0.5) is 0 Å². The molecule has 3 amide bonds. The molecule has 0 aromatic heterocycles. The van der Waals surface area contributed by atoms with E-state index in [1.165, 1.54) is 43.0 Å². The highest BCUT2D eigenvalue weighted by atomic mass is 32.2. The van der Waals surface area contributed by atoms with Gasteiger partial charge in [0.25, 0.3) is 0 Å². The maximum Gasteiger partial charge on any atom is 0.326 e. The molecule has 0 aliphatic rings. The van der Waals surface area contributed by atoms with Crippen molar-refractivity contribution in [2.75, 3.05) is 12.0 Å². The van der Waals surface area contributed by atoms with Gasteiger partial charge in [-0.2, -0.15) is 11.8 Å². The number of aliphatic carboxylic acids is 2. The monoisotopic (exact) mass is 512 g/mol. The number of hydrogen-bond acceptors (Lipinski definition) is 8. The summed E-state index contributed by atoms with van der Waals surface area (Å²) in [7, 11) is 0. The SMILES string of the molecule is CSCCC(NC(=O)C(C)NC(=O)C(N)CCC(=O)O)C(=O)NC(Cc1ccc(O)cc1)C(=O)O. The second-order valence-electron chi connectivity index (χ2n) is 7.88. The van der Waals surface area contributed by atoms with E-state index < -0.39 is 53.8 Å². The Labute approximate surface area is 207 Å². The Morgan fingerprint density at radius 1 is 0.914 bits per heavy atom. The summed E-state index contributed by atoms with van der Waals surface area (Å²) >= 11 is 1.43. The van der Waals surface area contributed by atoms with E-state index in [0.717, 1.165) is 0 Å². The van der Waals surface area contributed by atoms with E-state index >= 15 is 0 Å². The molecule has 1 rings (SSSR count). The molecule has 8 N–H and O–H groups in total. The largest absolute Gasteiger partial charge is 0.508 e. The zero-order valence-electron chi connectivity index (χ0n) is 19.5. The average Bonchev–Trinajstić information content (AvgIpc) is 2.80. The molecule has 0 aliphatic carbocycles. The second kappa shape index (κ2) is 14.8. The molecular formula is C22H32N4O8S. The van der Waals surface area contributed by atoms with E-state index in [1.807, 2.05) is 6.26 Å². The van der Waals surface area contributed by atoms with Crippen LogP contribution in [0.5, 0.6) is 5.75 Å². The summed E-state index contributed by atoms with van der Waals surface area (Å²) in [4.78, 5) is 59.9. The number of nitrogens with two attached hydrogens (primary N) is 1. The molecule has 0 saturated heterocycles. The molecule has 4 atom stereocenters. The smallest absolute Gasteiger partial charge is 0.326 e. The summed E-state index contributed by atoms with van der Waals surface area (Å²) in [6.07, 6.45) is 1.57. The van der Waals surface area contributed by atoms with Gasteiger partial charge in [-0.25, -0.2) is 4.79 Å². The zero-order chi connectivity index (χ0) is 26.5. The number of nitrogens with one attached hydrogen (secondary N) is 3. The molecule has 1 aromatic rings. The quantitative estimate of drug-likeness (QED) is 0.159. The van der Waals surface area contributed by atoms with Crippen molar-refractivity contribution >= 4 is 41.4 Å². The van der Waals surface area contributed by atoms with Crippen molar-refractivity contribution in [1.82, 2.24) is 16.0 Å². The fourth-order valence-corrected chi connectivity index (χ4v) is 3.41. The van der Waals surface area contributed by atoms with Crippen molar-refractivity contribution < 1.29 is 39.3 Å². The number of thioether (sulfide) groups is 1. The van der Waals surface area contributed by atoms with Gasteiger partial charge in [-0.15, -0.1) is 0 Å².